The van der Waals surface area contributed by atoms with E-state index in [1.54, 1.807) is 13.0 Å². The first-order valence-electron chi connectivity index (χ1n) is 6.44. The molecule has 0 fully saturated rings. The second-order valence-electron chi connectivity index (χ2n) is 4.80. The summed E-state index contributed by atoms with van der Waals surface area (Å²) < 4.78 is 45.7. The monoisotopic (exact) mass is 291 g/mol. The number of nitrogens with one attached hydrogen (secondary N) is 1. The number of furan rings is 1. The summed E-state index contributed by atoms with van der Waals surface area (Å²) in [6.07, 6.45) is 0. The molecule has 21 heavy (non-hydrogen) atoms. The Hall–Kier alpha value is -2.43. The topological polar surface area (TPSA) is 25.2 Å². The zero-order valence-electron chi connectivity index (χ0n) is 11.2. The highest BCUT2D eigenvalue weighted by molar-refractivity contribution is 5.77. The smallest absolute Gasteiger partial charge is 0.152 e. The molecule has 1 atom stereocenters. The maximum atomic E-state index is 13.6. The molecule has 1 heterocycles. The van der Waals surface area contributed by atoms with E-state index in [4.69, 9.17) is 4.42 Å². The minimum absolute atomic E-state index is 0.371. The average molecular weight is 291 g/mol. The lowest BCUT2D eigenvalue weighted by Gasteiger charge is -2.14. The Morgan fingerprint density at radius 2 is 1.67 bits per heavy atom. The van der Waals surface area contributed by atoms with E-state index in [0.717, 1.165) is 5.39 Å². The molecule has 0 saturated carbocycles. The van der Waals surface area contributed by atoms with Crippen LogP contribution in [0.1, 0.15) is 18.7 Å². The SMILES string of the molecule is CC(Nc1c(F)cc(F)cc1F)c1cc2ccccc2o1. The number of fused-ring (bicyclic) bond motifs is 1. The van der Waals surface area contributed by atoms with Crippen molar-refractivity contribution in [1.82, 2.24) is 0 Å². The van der Waals surface area contributed by atoms with Gasteiger partial charge in [-0.3, -0.25) is 0 Å². The van der Waals surface area contributed by atoms with Crippen molar-refractivity contribution >= 4 is 16.7 Å². The van der Waals surface area contributed by atoms with E-state index >= 15 is 0 Å². The largest absolute Gasteiger partial charge is 0.459 e. The van der Waals surface area contributed by atoms with Crippen LogP contribution in [0.3, 0.4) is 0 Å². The first kappa shape index (κ1) is 13.5. The Kier molecular flexibility index (Phi) is 3.33. The predicted octanol–water partition coefficient (Wildman–Crippen LogP) is 5.02. The van der Waals surface area contributed by atoms with Crippen molar-refractivity contribution in [2.45, 2.75) is 13.0 Å². The third kappa shape index (κ3) is 2.59. The van der Waals surface area contributed by atoms with Gasteiger partial charge in [0.2, 0.25) is 0 Å². The second kappa shape index (κ2) is 5.16. The zero-order chi connectivity index (χ0) is 15.0. The molecule has 5 heteroatoms. The quantitative estimate of drug-likeness (QED) is 0.732. The molecule has 0 saturated heterocycles. The van der Waals surface area contributed by atoms with Crippen molar-refractivity contribution in [3.8, 4) is 0 Å². The van der Waals surface area contributed by atoms with Crippen LogP contribution in [0.5, 0.6) is 0 Å². The van der Waals surface area contributed by atoms with Crippen molar-refractivity contribution in [2.75, 3.05) is 5.32 Å². The van der Waals surface area contributed by atoms with Gasteiger partial charge in [-0.15, -0.1) is 0 Å². The predicted molar refractivity (Wildman–Crippen MR) is 74.6 cm³/mol. The van der Waals surface area contributed by atoms with E-state index in [9.17, 15) is 13.2 Å². The number of rotatable bonds is 3. The van der Waals surface area contributed by atoms with Crippen LogP contribution in [0.15, 0.2) is 46.9 Å². The highest BCUT2D eigenvalue weighted by Crippen LogP contribution is 2.28. The molecule has 0 aliphatic heterocycles. The van der Waals surface area contributed by atoms with Crippen molar-refractivity contribution < 1.29 is 17.6 Å². The summed E-state index contributed by atoms with van der Waals surface area (Å²) in [5.41, 5.74) is 0.325. The number of benzene rings is 2. The van der Waals surface area contributed by atoms with E-state index in [0.29, 0.717) is 23.5 Å². The van der Waals surface area contributed by atoms with Gasteiger partial charge in [-0.25, -0.2) is 13.2 Å². The van der Waals surface area contributed by atoms with Gasteiger partial charge in [0.05, 0.1) is 6.04 Å². The van der Waals surface area contributed by atoms with Crippen LogP contribution in [0.25, 0.3) is 11.0 Å². The summed E-state index contributed by atoms with van der Waals surface area (Å²) in [5.74, 6) is -2.36. The molecule has 3 aromatic rings. The normalized spacial score (nSPS) is 12.6. The fourth-order valence-corrected chi connectivity index (χ4v) is 2.18. The zero-order valence-corrected chi connectivity index (χ0v) is 11.2. The van der Waals surface area contributed by atoms with E-state index in [2.05, 4.69) is 5.32 Å². The number of para-hydroxylation sites is 1. The Morgan fingerprint density at radius 3 is 2.33 bits per heavy atom. The molecule has 1 N–H and O–H groups in total. The molecule has 0 spiro atoms. The Bertz CT molecular complexity index is 741. The van der Waals surface area contributed by atoms with Gasteiger partial charge in [-0.1, -0.05) is 18.2 Å². The van der Waals surface area contributed by atoms with Gasteiger partial charge >= 0.3 is 0 Å². The molecule has 108 valence electrons. The fraction of sp³-hybridized carbons (Fsp3) is 0.125. The van der Waals surface area contributed by atoms with Crippen molar-refractivity contribution in [3.63, 3.8) is 0 Å². The van der Waals surface area contributed by atoms with Gasteiger partial charge in [0.25, 0.3) is 0 Å². The minimum atomic E-state index is -0.976. The summed E-state index contributed by atoms with van der Waals surface area (Å²) in [6, 6.07) is 10.0. The molecule has 2 aromatic carbocycles. The van der Waals surface area contributed by atoms with E-state index < -0.39 is 23.5 Å². The van der Waals surface area contributed by atoms with E-state index in [-0.39, 0.29) is 5.69 Å². The molecule has 0 radical (unpaired) electrons. The molecule has 0 bridgehead atoms. The van der Waals surface area contributed by atoms with Crippen LogP contribution in [0.2, 0.25) is 0 Å². The van der Waals surface area contributed by atoms with Crippen LogP contribution < -0.4 is 5.32 Å². The van der Waals surface area contributed by atoms with Gasteiger partial charge in [0, 0.05) is 17.5 Å². The number of anilines is 1. The van der Waals surface area contributed by atoms with Crippen LogP contribution in [-0.2, 0) is 0 Å². The average Bonchev–Trinajstić information content (AvgIpc) is 2.86. The summed E-state index contributed by atoms with van der Waals surface area (Å²) in [7, 11) is 0. The molecular weight excluding hydrogens is 279 g/mol. The minimum Gasteiger partial charge on any atom is -0.459 e. The van der Waals surface area contributed by atoms with Gasteiger partial charge in [-0.05, 0) is 19.1 Å². The lowest BCUT2D eigenvalue weighted by molar-refractivity contribution is 0.516. The standard InChI is InChI=1S/C16H12F3NO/c1-9(15-6-10-4-2-3-5-14(10)21-15)20-16-12(18)7-11(17)8-13(16)19/h2-9,20H,1H3. The third-order valence-electron chi connectivity index (χ3n) is 3.24. The lowest BCUT2D eigenvalue weighted by atomic mass is 10.2. The summed E-state index contributed by atoms with van der Waals surface area (Å²) in [6.45, 7) is 1.71. The lowest BCUT2D eigenvalue weighted by Crippen LogP contribution is -2.09. The maximum Gasteiger partial charge on any atom is 0.152 e. The summed E-state index contributed by atoms with van der Waals surface area (Å²) >= 11 is 0. The Labute approximate surface area is 119 Å². The van der Waals surface area contributed by atoms with Crippen LogP contribution >= 0.6 is 0 Å². The molecule has 0 aliphatic carbocycles. The van der Waals surface area contributed by atoms with E-state index in [1.165, 1.54) is 0 Å². The fourth-order valence-electron chi connectivity index (χ4n) is 2.18. The first-order valence-corrected chi connectivity index (χ1v) is 6.44. The van der Waals surface area contributed by atoms with Crippen LogP contribution in [0.4, 0.5) is 18.9 Å². The van der Waals surface area contributed by atoms with Gasteiger partial charge < -0.3 is 9.73 Å². The maximum absolute atomic E-state index is 13.6. The molecule has 1 unspecified atom stereocenters. The third-order valence-corrected chi connectivity index (χ3v) is 3.24. The summed E-state index contributed by atoms with van der Waals surface area (Å²) in [5, 5.41) is 3.58. The van der Waals surface area contributed by atoms with Gasteiger partial charge in [0.1, 0.15) is 22.8 Å². The van der Waals surface area contributed by atoms with Gasteiger partial charge in [0.15, 0.2) is 11.6 Å². The number of hydrogen-bond acceptors (Lipinski definition) is 2. The van der Waals surface area contributed by atoms with Crippen LogP contribution in [-0.4, -0.2) is 0 Å². The van der Waals surface area contributed by atoms with Gasteiger partial charge in [-0.2, -0.15) is 0 Å². The highest BCUT2D eigenvalue weighted by atomic mass is 19.1. The van der Waals surface area contributed by atoms with Crippen molar-refractivity contribution in [2.24, 2.45) is 0 Å². The summed E-state index contributed by atoms with van der Waals surface area (Å²) in [4.78, 5) is 0. The molecule has 2 nitrogen and oxygen atoms in total. The molecule has 3 rings (SSSR count). The number of hydrogen-bond donors (Lipinski definition) is 1. The number of halogens is 3. The second-order valence-corrected chi connectivity index (χ2v) is 4.80. The molecular formula is C16H12F3NO. The highest BCUT2D eigenvalue weighted by Gasteiger charge is 2.17. The first-order chi connectivity index (χ1) is 10.0. The molecule has 0 amide bonds. The molecule has 0 aliphatic rings. The van der Waals surface area contributed by atoms with Crippen molar-refractivity contribution in [3.05, 3.63) is 65.7 Å². The Balaban J connectivity index is 1.91. The molecule has 1 aromatic heterocycles. The van der Waals surface area contributed by atoms with Crippen molar-refractivity contribution in [1.29, 1.82) is 0 Å². The van der Waals surface area contributed by atoms with E-state index in [1.807, 2.05) is 24.3 Å². The van der Waals surface area contributed by atoms with Crippen LogP contribution in [0, 0.1) is 17.5 Å². The Morgan fingerprint density at radius 1 is 1.00 bits per heavy atom.